The van der Waals surface area contributed by atoms with E-state index in [1.54, 1.807) is 12.1 Å². The van der Waals surface area contributed by atoms with Crippen molar-refractivity contribution in [2.75, 3.05) is 43.1 Å². The zero-order valence-electron chi connectivity index (χ0n) is 21.3. The van der Waals surface area contributed by atoms with Gasteiger partial charge in [0.1, 0.15) is 17.3 Å². The van der Waals surface area contributed by atoms with Gasteiger partial charge in [-0.05, 0) is 48.9 Å². The number of rotatable bonds is 5. The van der Waals surface area contributed by atoms with Gasteiger partial charge in [-0.15, -0.1) is 11.3 Å². The molecule has 0 aliphatic carbocycles. The van der Waals surface area contributed by atoms with Crippen molar-refractivity contribution in [1.29, 1.82) is 0 Å². The van der Waals surface area contributed by atoms with E-state index >= 15 is 0 Å². The third kappa shape index (κ3) is 5.42. The topological polar surface area (TPSA) is 68.6 Å². The number of aliphatic imine (C=N–C) groups is 1. The van der Waals surface area contributed by atoms with Crippen LogP contribution < -0.4 is 14.5 Å². The van der Waals surface area contributed by atoms with Crippen LogP contribution in [0.3, 0.4) is 0 Å². The molecule has 2 aromatic carbocycles. The number of thiophene rings is 1. The second-order valence-corrected chi connectivity index (χ2v) is 10.2. The Balaban J connectivity index is 1.61. The van der Waals surface area contributed by atoms with Gasteiger partial charge in [0.05, 0.1) is 30.8 Å². The first-order chi connectivity index (χ1) is 19.1. The molecule has 5 rings (SSSR count). The minimum atomic E-state index is -4.67. The summed E-state index contributed by atoms with van der Waals surface area (Å²) in [6, 6.07) is 7.98. The van der Waals surface area contributed by atoms with Gasteiger partial charge in [0.15, 0.2) is 0 Å². The molecule has 0 amide bonds. The highest BCUT2D eigenvalue weighted by Gasteiger charge is 2.40. The van der Waals surface area contributed by atoms with E-state index in [1.165, 1.54) is 35.6 Å². The molecule has 3 heterocycles. The molecule has 2 aliphatic heterocycles. The lowest BCUT2D eigenvalue weighted by Crippen LogP contribution is -2.49. The number of hydrogen-bond donors (Lipinski definition) is 1. The molecule has 2 aliphatic rings. The molecule has 40 heavy (non-hydrogen) atoms. The quantitative estimate of drug-likeness (QED) is 0.358. The predicted octanol–water partition coefficient (Wildman–Crippen LogP) is 6.29. The summed E-state index contributed by atoms with van der Waals surface area (Å²) in [5.74, 6) is -1.36. The first-order valence-electron chi connectivity index (χ1n) is 12.4. The van der Waals surface area contributed by atoms with Crippen LogP contribution in [0.5, 0.6) is 5.75 Å². The number of carbonyl (C=O) groups is 1. The number of alkyl halides is 3. The number of carboxylic acid groups (broad SMARTS) is 1. The lowest BCUT2D eigenvalue weighted by molar-refractivity contribution is -0.138. The first-order valence-corrected chi connectivity index (χ1v) is 13.3. The van der Waals surface area contributed by atoms with Gasteiger partial charge in [-0.1, -0.05) is 0 Å². The highest BCUT2D eigenvalue weighted by molar-refractivity contribution is 7.08. The number of benzene rings is 2. The fourth-order valence-corrected chi connectivity index (χ4v) is 5.84. The largest absolute Gasteiger partial charge is 0.495 e. The molecule has 0 unspecified atom stereocenters. The Bertz CT molecular complexity index is 1430. The fraction of sp³-hybridized carbons (Fsp3) is 0.333. The Labute approximate surface area is 230 Å². The Morgan fingerprint density at radius 3 is 2.45 bits per heavy atom. The molecule has 13 heteroatoms. The van der Waals surface area contributed by atoms with Crippen LogP contribution in [0.4, 0.5) is 39.0 Å². The van der Waals surface area contributed by atoms with Crippen molar-refractivity contribution in [2.24, 2.45) is 4.99 Å². The number of fused-ring (bicyclic) bond motifs is 1. The lowest BCUT2D eigenvalue weighted by Gasteiger charge is -2.41. The van der Waals surface area contributed by atoms with E-state index < -0.39 is 35.3 Å². The molecule has 212 valence electrons. The van der Waals surface area contributed by atoms with Crippen molar-refractivity contribution in [3.05, 3.63) is 69.9 Å². The lowest BCUT2D eigenvalue weighted by atomic mass is 10.00. The summed E-state index contributed by atoms with van der Waals surface area (Å²) in [6.07, 6.45) is -4.59. The maximum atomic E-state index is 14.9. The first kappa shape index (κ1) is 27.7. The van der Waals surface area contributed by atoms with E-state index in [0.717, 1.165) is 29.2 Å². The van der Waals surface area contributed by atoms with Gasteiger partial charge < -0.3 is 24.5 Å². The van der Waals surface area contributed by atoms with Crippen LogP contribution in [0.15, 0.2) is 52.8 Å². The minimum absolute atomic E-state index is 0.0203. The standard InChI is InChI=1S/C27H25F5N4O3S/c1-39-22-8-3-16(27(30,31)32)13-21(22)36-20(14-23(37)38)19-15-40-25(29)24(19)33-26(36)35-10-2-9-34(11-12-35)18-6-4-17(28)5-7-18/h3-8,13,15,20H,2,9-12,14H2,1H3,(H,37,38)/t20-/m0/s1. The Kier molecular flexibility index (Phi) is 7.58. The average Bonchev–Trinajstić information content (AvgIpc) is 3.12. The van der Waals surface area contributed by atoms with Crippen LogP contribution in [0.25, 0.3) is 0 Å². The van der Waals surface area contributed by atoms with Crippen molar-refractivity contribution < 1.29 is 36.6 Å². The summed E-state index contributed by atoms with van der Waals surface area (Å²) in [6.45, 7) is 1.82. The average molecular weight is 581 g/mol. The number of hydrogen-bond acceptors (Lipinski definition) is 7. The highest BCUT2D eigenvalue weighted by Crippen LogP contribution is 2.47. The summed E-state index contributed by atoms with van der Waals surface area (Å²) < 4.78 is 75.1. The second-order valence-electron chi connectivity index (χ2n) is 9.40. The molecule has 0 spiro atoms. The van der Waals surface area contributed by atoms with Crippen LogP contribution in [0, 0.1) is 10.9 Å². The molecule has 1 atom stereocenters. The molecule has 0 bridgehead atoms. The number of methoxy groups -OCH3 is 1. The SMILES string of the molecule is COc1ccc(C(F)(F)F)cc1N1C(N2CCCN(c3ccc(F)cc3)CC2)=Nc2c(csc2F)[C@@H]1CC(=O)O. The van der Waals surface area contributed by atoms with Gasteiger partial charge in [0, 0.05) is 42.8 Å². The molecular weight excluding hydrogens is 555 g/mol. The van der Waals surface area contributed by atoms with E-state index in [0.29, 0.717) is 32.6 Å². The third-order valence-corrected chi connectivity index (χ3v) is 7.72. The normalized spacial score (nSPS) is 17.8. The van der Waals surface area contributed by atoms with Crippen molar-refractivity contribution in [1.82, 2.24) is 4.90 Å². The van der Waals surface area contributed by atoms with E-state index in [4.69, 9.17) is 4.74 Å². The molecule has 1 saturated heterocycles. The Hall–Kier alpha value is -3.87. The number of anilines is 2. The number of halogens is 5. The maximum absolute atomic E-state index is 14.9. The van der Waals surface area contributed by atoms with Gasteiger partial charge in [-0.3, -0.25) is 4.79 Å². The molecular formula is C27H25F5N4O3S. The highest BCUT2D eigenvalue weighted by atomic mass is 32.1. The molecule has 0 saturated carbocycles. The van der Waals surface area contributed by atoms with Crippen LogP contribution in [0.2, 0.25) is 0 Å². The summed E-state index contributed by atoms with van der Waals surface area (Å²) >= 11 is 0.755. The van der Waals surface area contributed by atoms with E-state index in [2.05, 4.69) is 4.99 Å². The fourth-order valence-electron chi connectivity index (χ4n) is 5.07. The van der Waals surface area contributed by atoms with Gasteiger partial charge in [0.25, 0.3) is 0 Å². The summed E-state index contributed by atoms with van der Waals surface area (Å²) in [5.41, 5.74) is 0.0840. The van der Waals surface area contributed by atoms with Crippen LogP contribution in [-0.4, -0.2) is 55.2 Å². The van der Waals surface area contributed by atoms with E-state index in [-0.39, 0.29) is 34.5 Å². The van der Waals surface area contributed by atoms with Crippen LogP contribution >= 0.6 is 11.3 Å². The summed E-state index contributed by atoms with van der Waals surface area (Å²) in [5, 5.41) is 10.6. The molecule has 7 nitrogen and oxygen atoms in total. The number of guanidine groups is 1. The zero-order chi connectivity index (χ0) is 28.6. The van der Waals surface area contributed by atoms with Crippen LogP contribution in [0.1, 0.15) is 30.0 Å². The van der Waals surface area contributed by atoms with Crippen molar-refractivity contribution in [3.63, 3.8) is 0 Å². The zero-order valence-corrected chi connectivity index (χ0v) is 22.1. The number of aliphatic carboxylic acids is 1. The number of nitrogens with zero attached hydrogens (tertiary/aromatic N) is 4. The Morgan fingerprint density at radius 2 is 1.77 bits per heavy atom. The Morgan fingerprint density at radius 1 is 1.07 bits per heavy atom. The molecule has 3 aromatic rings. The number of carboxylic acids is 1. The third-order valence-electron chi connectivity index (χ3n) is 6.95. The van der Waals surface area contributed by atoms with E-state index in [1.807, 2.05) is 9.80 Å². The van der Waals surface area contributed by atoms with Gasteiger partial charge in [-0.25, -0.2) is 9.38 Å². The molecule has 1 aromatic heterocycles. The number of ether oxygens (including phenoxy) is 1. The van der Waals surface area contributed by atoms with Crippen molar-refractivity contribution in [3.8, 4) is 5.75 Å². The van der Waals surface area contributed by atoms with Crippen LogP contribution in [-0.2, 0) is 11.0 Å². The minimum Gasteiger partial charge on any atom is -0.495 e. The smallest absolute Gasteiger partial charge is 0.416 e. The monoisotopic (exact) mass is 580 g/mol. The molecule has 1 N–H and O–H groups in total. The maximum Gasteiger partial charge on any atom is 0.416 e. The predicted molar refractivity (Wildman–Crippen MR) is 142 cm³/mol. The van der Waals surface area contributed by atoms with E-state index in [9.17, 15) is 31.9 Å². The van der Waals surface area contributed by atoms with Gasteiger partial charge in [-0.2, -0.15) is 17.6 Å². The second kappa shape index (κ2) is 11.0. The molecule has 0 radical (unpaired) electrons. The summed E-state index contributed by atoms with van der Waals surface area (Å²) in [7, 11) is 1.31. The molecule has 1 fully saturated rings. The van der Waals surface area contributed by atoms with Crippen molar-refractivity contribution in [2.45, 2.75) is 25.1 Å². The summed E-state index contributed by atoms with van der Waals surface area (Å²) in [4.78, 5) is 21.8. The van der Waals surface area contributed by atoms with Crippen molar-refractivity contribution >= 4 is 40.3 Å². The van der Waals surface area contributed by atoms with Gasteiger partial charge in [0.2, 0.25) is 11.1 Å². The van der Waals surface area contributed by atoms with Gasteiger partial charge >= 0.3 is 12.1 Å².